The number of carbonyl (C=O) groups excluding carboxylic acids is 1. The van der Waals surface area contributed by atoms with Gasteiger partial charge in [0, 0.05) is 12.6 Å². The van der Waals surface area contributed by atoms with Gasteiger partial charge < -0.3 is 16.0 Å². The van der Waals surface area contributed by atoms with Gasteiger partial charge in [-0.1, -0.05) is 0 Å². The Hall–Kier alpha value is -1.37. The van der Waals surface area contributed by atoms with Gasteiger partial charge >= 0.3 is 0 Å². The molecule has 1 saturated carbocycles. The Morgan fingerprint density at radius 1 is 1.39 bits per heavy atom. The third kappa shape index (κ3) is 3.56. The topological polar surface area (TPSA) is 78.9 Å². The number of hydrogen-bond acceptors (Lipinski definition) is 5. The fourth-order valence-corrected chi connectivity index (χ4v) is 1.94. The Morgan fingerprint density at radius 2 is 2.06 bits per heavy atom. The van der Waals surface area contributed by atoms with Crippen molar-refractivity contribution in [3.05, 3.63) is 10.8 Å². The molecule has 1 aliphatic carbocycles. The number of anilines is 2. The molecule has 0 spiro atoms. The van der Waals surface area contributed by atoms with Crippen LogP contribution in [0.3, 0.4) is 0 Å². The third-order valence-corrected chi connectivity index (χ3v) is 3.24. The SMILES string of the molecule is CCNc1ncnc(NCC(=O)NC2CC2)c1Br. The predicted octanol–water partition coefficient (Wildman–Crippen LogP) is 1.36. The highest BCUT2D eigenvalue weighted by Crippen LogP contribution is 2.26. The molecule has 18 heavy (non-hydrogen) atoms. The van der Waals surface area contributed by atoms with Crippen molar-refractivity contribution in [1.29, 1.82) is 0 Å². The second kappa shape index (κ2) is 5.99. The van der Waals surface area contributed by atoms with Crippen molar-refractivity contribution >= 4 is 33.5 Å². The molecule has 0 radical (unpaired) electrons. The van der Waals surface area contributed by atoms with E-state index in [-0.39, 0.29) is 12.5 Å². The first-order valence-electron chi connectivity index (χ1n) is 5.98. The maximum absolute atomic E-state index is 11.5. The van der Waals surface area contributed by atoms with Crippen LogP contribution in [-0.2, 0) is 4.79 Å². The van der Waals surface area contributed by atoms with Gasteiger partial charge in [0.25, 0.3) is 0 Å². The van der Waals surface area contributed by atoms with E-state index in [9.17, 15) is 4.79 Å². The van der Waals surface area contributed by atoms with E-state index in [1.165, 1.54) is 6.33 Å². The van der Waals surface area contributed by atoms with Crippen LogP contribution in [0, 0.1) is 0 Å². The molecule has 0 aromatic carbocycles. The molecule has 1 aliphatic rings. The molecule has 0 saturated heterocycles. The number of aromatic nitrogens is 2. The Labute approximate surface area is 114 Å². The van der Waals surface area contributed by atoms with Crippen LogP contribution in [-0.4, -0.2) is 35.0 Å². The molecule has 1 heterocycles. The molecule has 3 N–H and O–H groups in total. The van der Waals surface area contributed by atoms with Crippen LogP contribution in [0.25, 0.3) is 0 Å². The molecule has 1 aromatic rings. The highest BCUT2D eigenvalue weighted by molar-refractivity contribution is 9.10. The van der Waals surface area contributed by atoms with Gasteiger partial charge in [-0.25, -0.2) is 9.97 Å². The molecule has 0 aliphatic heterocycles. The fourth-order valence-electron chi connectivity index (χ4n) is 1.45. The van der Waals surface area contributed by atoms with Crippen molar-refractivity contribution < 1.29 is 4.79 Å². The van der Waals surface area contributed by atoms with Crippen LogP contribution in [0.15, 0.2) is 10.8 Å². The summed E-state index contributed by atoms with van der Waals surface area (Å²) in [4.78, 5) is 19.7. The van der Waals surface area contributed by atoms with E-state index < -0.39 is 0 Å². The normalized spacial score (nSPS) is 14.1. The average molecular weight is 314 g/mol. The average Bonchev–Trinajstić information content (AvgIpc) is 3.14. The van der Waals surface area contributed by atoms with E-state index in [1.807, 2.05) is 6.92 Å². The van der Waals surface area contributed by atoms with Crippen LogP contribution in [0.2, 0.25) is 0 Å². The van der Waals surface area contributed by atoms with Crippen molar-refractivity contribution in [2.45, 2.75) is 25.8 Å². The van der Waals surface area contributed by atoms with E-state index in [0.29, 0.717) is 11.9 Å². The first-order chi connectivity index (χ1) is 8.70. The Balaban J connectivity index is 1.91. The van der Waals surface area contributed by atoms with Gasteiger partial charge in [0.05, 0.1) is 6.54 Å². The van der Waals surface area contributed by atoms with Crippen LogP contribution in [0.1, 0.15) is 19.8 Å². The lowest BCUT2D eigenvalue weighted by Crippen LogP contribution is -2.31. The fraction of sp³-hybridized carbons (Fsp3) is 0.545. The lowest BCUT2D eigenvalue weighted by molar-refractivity contribution is -0.119. The minimum absolute atomic E-state index is 0.00647. The molecule has 1 fully saturated rings. The maximum Gasteiger partial charge on any atom is 0.239 e. The second-order valence-electron chi connectivity index (χ2n) is 4.11. The van der Waals surface area contributed by atoms with Gasteiger partial charge in [0.1, 0.15) is 22.4 Å². The highest BCUT2D eigenvalue weighted by Gasteiger charge is 2.23. The summed E-state index contributed by atoms with van der Waals surface area (Å²) in [5.74, 6) is 1.33. The van der Waals surface area contributed by atoms with Crippen molar-refractivity contribution in [2.24, 2.45) is 0 Å². The molecular weight excluding hydrogens is 298 g/mol. The molecule has 1 amide bonds. The number of rotatable bonds is 6. The summed E-state index contributed by atoms with van der Waals surface area (Å²) >= 11 is 3.41. The van der Waals surface area contributed by atoms with Crippen molar-refractivity contribution in [1.82, 2.24) is 15.3 Å². The van der Waals surface area contributed by atoms with E-state index in [1.54, 1.807) is 0 Å². The quantitative estimate of drug-likeness (QED) is 0.739. The minimum atomic E-state index is -0.00647. The van der Waals surface area contributed by atoms with Gasteiger partial charge in [0.15, 0.2) is 0 Å². The highest BCUT2D eigenvalue weighted by atomic mass is 79.9. The summed E-state index contributed by atoms with van der Waals surface area (Å²) in [6.07, 6.45) is 3.64. The summed E-state index contributed by atoms with van der Waals surface area (Å²) in [7, 11) is 0. The minimum Gasteiger partial charge on any atom is -0.369 e. The molecule has 6 nitrogen and oxygen atoms in total. The van der Waals surface area contributed by atoms with E-state index in [2.05, 4.69) is 41.8 Å². The number of nitrogens with one attached hydrogen (secondary N) is 3. The number of hydrogen-bond donors (Lipinski definition) is 3. The smallest absolute Gasteiger partial charge is 0.239 e. The van der Waals surface area contributed by atoms with Gasteiger partial charge in [0.2, 0.25) is 5.91 Å². The molecule has 7 heteroatoms. The number of carbonyl (C=O) groups is 1. The Bertz CT molecular complexity index is 435. The van der Waals surface area contributed by atoms with Crippen molar-refractivity contribution in [2.75, 3.05) is 23.7 Å². The predicted molar refractivity (Wildman–Crippen MR) is 73.6 cm³/mol. The number of amides is 1. The van der Waals surface area contributed by atoms with Crippen LogP contribution in [0.4, 0.5) is 11.6 Å². The molecule has 98 valence electrons. The van der Waals surface area contributed by atoms with Crippen LogP contribution in [0.5, 0.6) is 0 Å². The molecule has 0 unspecified atom stereocenters. The number of nitrogens with zero attached hydrogens (tertiary/aromatic N) is 2. The lowest BCUT2D eigenvalue weighted by Gasteiger charge is -2.10. The monoisotopic (exact) mass is 313 g/mol. The van der Waals surface area contributed by atoms with E-state index in [4.69, 9.17) is 0 Å². The van der Waals surface area contributed by atoms with Gasteiger partial charge in [-0.05, 0) is 35.7 Å². The zero-order valence-electron chi connectivity index (χ0n) is 10.2. The zero-order chi connectivity index (χ0) is 13.0. The van der Waals surface area contributed by atoms with E-state index >= 15 is 0 Å². The molecule has 1 aromatic heterocycles. The number of halogens is 1. The largest absolute Gasteiger partial charge is 0.369 e. The standard InChI is InChI=1S/C11H16BrN5O/c1-2-13-10-9(12)11(16-6-15-10)14-5-8(18)17-7-3-4-7/h6-7H,2-5H2,1H3,(H,17,18)(H2,13,14,15,16). The summed E-state index contributed by atoms with van der Waals surface area (Å²) in [5, 5.41) is 9.01. The van der Waals surface area contributed by atoms with E-state index in [0.717, 1.165) is 29.7 Å². The summed E-state index contributed by atoms with van der Waals surface area (Å²) in [5.41, 5.74) is 0. The van der Waals surface area contributed by atoms with Crippen LogP contribution >= 0.6 is 15.9 Å². The zero-order valence-corrected chi connectivity index (χ0v) is 11.7. The molecule has 0 atom stereocenters. The van der Waals surface area contributed by atoms with Gasteiger partial charge in [-0.2, -0.15) is 0 Å². The third-order valence-electron chi connectivity index (χ3n) is 2.49. The van der Waals surface area contributed by atoms with Crippen LogP contribution < -0.4 is 16.0 Å². The first-order valence-corrected chi connectivity index (χ1v) is 6.77. The van der Waals surface area contributed by atoms with Gasteiger partial charge in [-0.3, -0.25) is 4.79 Å². The Morgan fingerprint density at radius 3 is 2.67 bits per heavy atom. The molecule has 0 bridgehead atoms. The maximum atomic E-state index is 11.5. The summed E-state index contributed by atoms with van der Waals surface area (Å²) in [6.45, 7) is 2.99. The van der Waals surface area contributed by atoms with Crippen molar-refractivity contribution in [3.63, 3.8) is 0 Å². The lowest BCUT2D eigenvalue weighted by atomic mass is 10.4. The molecular formula is C11H16BrN5O. The summed E-state index contributed by atoms with van der Waals surface area (Å²) in [6, 6.07) is 0.380. The first kappa shape index (κ1) is 13.1. The Kier molecular flexibility index (Phi) is 4.35. The second-order valence-corrected chi connectivity index (χ2v) is 4.90. The molecule has 2 rings (SSSR count). The summed E-state index contributed by atoms with van der Waals surface area (Å²) < 4.78 is 0.742. The van der Waals surface area contributed by atoms with Crippen molar-refractivity contribution in [3.8, 4) is 0 Å². The van der Waals surface area contributed by atoms with Gasteiger partial charge in [-0.15, -0.1) is 0 Å².